The number of carbonyl (C=O) groups is 1. The molecule has 0 radical (unpaired) electrons. The van der Waals surface area contributed by atoms with E-state index in [-0.39, 0.29) is 5.78 Å². The minimum Gasteiger partial charge on any atom is -0.288 e. The number of hydrogen-bond acceptors (Lipinski definition) is 2. The average molecular weight is 319 g/mol. The maximum Gasteiger partial charge on any atom is 0.204 e. The van der Waals surface area contributed by atoms with Crippen LogP contribution in [0.25, 0.3) is 0 Å². The highest BCUT2D eigenvalue weighted by Crippen LogP contribution is 2.33. The maximum atomic E-state index is 12.5. The van der Waals surface area contributed by atoms with Gasteiger partial charge in [-0.2, -0.15) is 0 Å². The zero-order valence-electron chi connectivity index (χ0n) is 12.2. The van der Waals surface area contributed by atoms with Crippen molar-refractivity contribution in [1.82, 2.24) is 0 Å². The SMILES string of the molecule is Cc1csc(C(=O)c2ccc(C3CCCCC3)cc2)c1Cl. The van der Waals surface area contributed by atoms with Gasteiger partial charge in [-0.15, -0.1) is 11.3 Å². The van der Waals surface area contributed by atoms with Crippen LogP contribution < -0.4 is 0 Å². The number of thiophene rings is 1. The first-order valence-electron chi connectivity index (χ1n) is 7.55. The summed E-state index contributed by atoms with van der Waals surface area (Å²) >= 11 is 7.63. The summed E-state index contributed by atoms with van der Waals surface area (Å²) < 4.78 is 0. The van der Waals surface area contributed by atoms with E-state index in [2.05, 4.69) is 12.1 Å². The maximum absolute atomic E-state index is 12.5. The van der Waals surface area contributed by atoms with E-state index < -0.39 is 0 Å². The van der Waals surface area contributed by atoms with E-state index >= 15 is 0 Å². The van der Waals surface area contributed by atoms with Crippen LogP contribution in [0.5, 0.6) is 0 Å². The van der Waals surface area contributed by atoms with E-state index in [4.69, 9.17) is 11.6 Å². The van der Waals surface area contributed by atoms with Crippen molar-refractivity contribution >= 4 is 28.7 Å². The number of benzene rings is 1. The van der Waals surface area contributed by atoms with Crippen LogP contribution in [0.3, 0.4) is 0 Å². The van der Waals surface area contributed by atoms with Gasteiger partial charge >= 0.3 is 0 Å². The molecule has 1 aromatic carbocycles. The van der Waals surface area contributed by atoms with Gasteiger partial charge in [-0.1, -0.05) is 55.1 Å². The molecule has 21 heavy (non-hydrogen) atoms. The van der Waals surface area contributed by atoms with Gasteiger partial charge in [0, 0.05) is 5.56 Å². The quantitative estimate of drug-likeness (QED) is 0.635. The molecule has 0 N–H and O–H groups in total. The second kappa shape index (κ2) is 6.33. The summed E-state index contributed by atoms with van der Waals surface area (Å²) in [6, 6.07) is 8.16. The normalized spacial score (nSPS) is 16.1. The molecule has 0 aliphatic heterocycles. The van der Waals surface area contributed by atoms with Gasteiger partial charge in [0.1, 0.15) is 0 Å². The number of carbonyl (C=O) groups excluding carboxylic acids is 1. The Labute approximate surface area is 135 Å². The lowest BCUT2D eigenvalue weighted by atomic mass is 9.84. The second-order valence-corrected chi connectivity index (χ2v) is 7.11. The molecule has 1 nitrogen and oxygen atoms in total. The predicted molar refractivity (Wildman–Crippen MR) is 89.8 cm³/mol. The van der Waals surface area contributed by atoms with Crippen LogP contribution in [0.4, 0.5) is 0 Å². The summed E-state index contributed by atoms with van der Waals surface area (Å²) in [6.45, 7) is 1.93. The molecule has 0 saturated heterocycles. The number of hydrogen-bond donors (Lipinski definition) is 0. The van der Waals surface area contributed by atoms with Gasteiger partial charge in [-0.3, -0.25) is 4.79 Å². The van der Waals surface area contributed by atoms with E-state index in [0.717, 1.165) is 11.1 Å². The molecule has 1 aliphatic carbocycles. The average Bonchev–Trinajstić information content (AvgIpc) is 2.87. The lowest BCUT2D eigenvalue weighted by Crippen LogP contribution is -2.05. The van der Waals surface area contributed by atoms with Crippen molar-refractivity contribution < 1.29 is 4.79 Å². The number of rotatable bonds is 3. The number of halogens is 1. The summed E-state index contributed by atoms with van der Waals surface area (Å²) in [7, 11) is 0. The zero-order chi connectivity index (χ0) is 14.8. The lowest BCUT2D eigenvalue weighted by molar-refractivity contribution is 0.104. The highest BCUT2D eigenvalue weighted by atomic mass is 35.5. The Bertz CT molecular complexity index is 636. The fourth-order valence-corrected chi connectivity index (χ4v) is 4.30. The molecule has 0 bridgehead atoms. The first-order chi connectivity index (χ1) is 10.2. The minimum atomic E-state index is 0.0355. The smallest absolute Gasteiger partial charge is 0.204 e. The van der Waals surface area contributed by atoms with Gasteiger partial charge in [0.05, 0.1) is 9.90 Å². The van der Waals surface area contributed by atoms with Crippen LogP contribution in [0.2, 0.25) is 5.02 Å². The van der Waals surface area contributed by atoms with Crippen LogP contribution in [0, 0.1) is 6.92 Å². The fourth-order valence-electron chi connectivity index (χ4n) is 3.06. The Balaban J connectivity index is 1.80. The molecule has 3 heteroatoms. The Kier molecular flexibility index (Phi) is 4.46. The number of aryl methyl sites for hydroxylation is 1. The van der Waals surface area contributed by atoms with Gasteiger partial charge in [-0.25, -0.2) is 0 Å². The van der Waals surface area contributed by atoms with Gasteiger partial charge in [-0.05, 0) is 42.2 Å². The van der Waals surface area contributed by atoms with Crippen molar-refractivity contribution in [3.8, 4) is 0 Å². The molecule has 0 amide bonds. The van der Waals surface area contributed by atoms with Crippen molar-refractivity contribution in [3.05, 3.63) is 56.2 Å². The fraction of sp³-hybridized carbons (Fsp3) is 0.389. The molecule has 110 valence electrons. The highest BCUT2D eigenvalue weighted by Gasteiger charge is 2.18. The Morgan fingerprint density at radius 2 is 1.81 bits per heavy atom. The third kappa shape index (κ3) is 3.07. The molecule has 0 unspecified atom stereocenters. The van der Waals surface area contributed by atoms with E-state index in [1.165, 1.54) is 49.0 Å². The largest absolute Gasteiger partial charge is 0.288 e. The first-order valence-corrected chi connectivity index (χ1v) is 8.81. The Hall–Kier alpha value is -1.12. The summed E-state index contributed by atoms with van der Waals surface area (Å²) in [4.78, 5) is 13.1. The molecule has 1 aromatic heterocycles. The molecule has 1 fully saturated rings. The molecule has 1 aliphatic rings. The van der Waals surface area contributed by atoms with Gasteiger partial charge in [0.15, 0.2) is 0 Å². The molecular formula is C18H19ClOS. The van der Waals surface area contributed by atoms with Gasteiger partial charge in [0.25, 0.3) is 0 Å². The second-order valence-electron chi connectivity index (χ2n) is 5.85. The van der Waals surface area contributed by atoms with E-state index in [0.29, 0.717) is 15.8 Å². The Morgan fingerprint density at radius 3 is 2.38 bits per heavy atom. The molecule has 0 spiro atoms. The summed E-state index contributed by atoms with van der Waals surface area (Å²) in [5.74, 6) is 0.712. The first kappa shape index (κ1) is 14.8. The number of ketones is 1. The standard InChI is InChI=1S/C18H19ClOS/c1-12-11-21-18(16(12)19)17(20)15-9-7-14(8-10-15)13-5-3-2-4-6-13/h7-11,13H,2-6H2,1H3. The van der Waals surface area contributed by atoms with Crippen LogP contribution in [-0.4, -0.2) is 5.78 Å². The summed E-state index contributed by atoms with van der Waals surface area (Å²) in [5.41, 5.74) is 3.09. The molecule has 3 rings (SSSR count). The predicted octanol–water partition coefficient (Wildman–Crippen LogP) is 5.99. The van der Waals surface area contributed by atoms with Crippen molar-refractivity contribution in [3.63, 3.8) is 0 Å². The summed E-state index contributed by atoms with van der Waals surface area (Å²) in [5, 5.41) is 2.53. The van der Waals surface area contributed by atoms with Crippen LogP contribution in [-0.2, 0) is 0 Å². The van der Waals surface area contributed by atoms with Gasteiger partial charge in [0.2, 0.25) is 5.78 Å². The van der Waals surface area contributed by atoms with Crippen molar-refractivity contribution in [2.24, 2.45) is 0 Å². The topological polar surface area (TPSA) is 17.1 Å². The van der Waals surface area contributed by atoms with Crippen molar-refractivity contribution in [1.29, 1.82) is 0 Å². The van der Waals surface area contributed by atoms with E-state index in [1.54, 1.807) is 0 Å². The lowest BCUT2D eigenvalue weighted by Gasteiger charge is -2.22. The van der Waals surface area contributed by atoms with Gasteiger partial charge < -0.3 is 0 Å². The van der Waals surface area contributed by atoms with Crippen LogP contribution in [0.1, 0.15) is 64.4 Å². The zero-order valence-corrected chi connectivity index (χ0v) is 13.8. The third-order valence-electron chi connectivity index (χ3n) is 4.35. The van der Waals surface area contributed by atoms with Crippen molar-refractivity contribution in [2.75, 3.05) is 0 Å². The molecule has 1 saturated carbocycles. The minimum absolute atomic E-state index is 0.0355. The van der Waals surface area contributed by atoms with Crippen LogP contribution >= 0.6 is 22.9 Å². The third-order valence-corrected chi connectivity index (χ3v) is 6.05. The highest BCUT2D eigenvalue weighted by molar-refractivity contribution is 7.13. The van der Waals surface area contributed by atoms with Crippen LogP contribution in [0.15, 0.2) is 29.6 Å². The molecule has 0 atom stereocenters. The molecule has 1 heterocycles. The van der Waals surface area contributed by atoms with E-state index in [9.17, 15) is 4.79 Å². The van der Waals surface area contributed by atoms with E-state index in [1.807, 2.05) is 24.4 Å². The Morgan fingerprint density at radius 1 is 1.14 bits per heavy atom. The molecule has 2 aromatic rings. The summed E-state index contributed by atoms with van der Waals surface area (Å²) in [6.07, 6.45) is 6.58. The molecular weight excluding hydrogens is 300 g/mol. The monoisotopic (exact) mass is 318 g/mol. The van der Waals surface area contributed by atoms with Crippen molar-refractivity contribution in [2.45, 2.75) is 44.9 Å².